The Balaban J connectivity index is 1.10. The molecule has 7 aromatic rings. The number of hydrogen-bond donors (Lipinski definition) is 3. The normalized spacial score (nSPS) is 13.6. The van der Waals surface area contributed by atoms with E-state index in [2.05, 4.69) is 51.9 Å². The summed E-state index contributed by atoms with van der Waals surface area (Å²) in [5.74, 6) is 5.54. The number of allylic oxidation sites excluding steroid dienone is 2. The fourth-order valence-corrected chi connectivity index (χ4v) is 8.24. The minimum absolute atomic E-state index is 0.102. The van der Waals surface area contributed by atoms with Gasteiger partial charge in [0, 0.05) is 82.1 Å². The van der Waals surface area contributed by atoms with Crippen LogP contribution in [0, 0.1) is 20.8 Å². The molecule has 3 amide bonds. The van der Waals surface area contributed by atoms with Crippen LogP contribution in [0.3, 0.4) is 0 Å². The first-order valence-corrected chi connectivity index (χ1v) is 21.4. The van der Waals surface area contributed by atoms with Gasteiger partial charge in [0.1, 0.15) is 34.9 Å². The van der Waals surface area contributed by atoms with Crippen molar-refractivity contribution in [3.63, 3.8) is 0 Å². The number of ether oxygens (including phenoxy) is 1. The molecule has 1 aliphatic rings. The molecule has 20 nitrogen and oxygen atoms in total. The smallest absolute Gasteiger partial charge is 0.276 e. The molecule has 0 aliphatic carbocycles. The Hall–Kier alpha value is -7.03. The van der Waals surface area contributed by atoms with Gasteiger partial charge in [0.15, 0.2) is 11.5 Å². The largest absolute Gasteiger partial charge is 0.491 e. The summed E-state index contributed by atoms with van der Waals surface area (Å²) in [5.41, 5.74) is 12.1. The molecule has 0 unspecified atom stereocenters. The zero-order valence-corrected chi connectivity index (χ0v) is 36.7. The van der Waals surface area contributed by atoms with Crippen molar-refractivity contribution in [1.29, 1.82) is 0 Å². The Morgan fingerprint density at radius 3 is 2.30 bits per heavy atom. The average Bonchev–Trinajstić information content (AvgIpc) is 4.04. The van der Waals surface area contributed by atoms with E-state index in [4.69, 9.17) is 26.3 Å². The average molecular weight is 872 g/mol. The van der Waals surface area contributed by atoms with E-state index >= 15 is 0 Å². The van der Waals surface area contributed by atoms with Gasteiger partial charge in [0.05, 0.1) is 29.1 Å². The number of aryl methyl sites for hydroxylation is 5. The third-order valence-electron chi connectivity index (χ3n) is 11.3. The quantitative estimate of drug-likeness (QED) is 0.0672. The summed E-state index contributed by atoms with van der Waals surface area (Å²) >= 11 is 0. The molecular weight excluding hydrogens is 819 g/mol. The summed E-state index contributed by atoms with van der Waals surface area (Å²) in [4.78, 5) is 65.8. The Labute approximate surface area is 368 Å². The molecule has 0 bridgehead atoms. The van der Waals surface area contributed by atoms with Crippen molar-refractivity contribution in [2.45, 2.75) is 67.2 Å². The Bertz CT molecular complexity index is 2900. The third-order valence-corrected chi connectivity index (χ3v) is 11.3. The van der Waals surface area contributed by atoms with E-state index < -0.39 is 5.91 Å². The lowest BCUT2D eigenvalue weighted by Gasteiger charge is -2.34. The number of pyridine rings is 1. The lowest BCUT2D eigenvalue weighted by atomic mass is 10.1. The van der Waals surface area contributed by atoms with E-state index in [1.807, 2.05) is 63.7 Å². The standard InChI is InChI=1S/C44H53N15O5/c1-6-58-34(21-28(4)52-58)40-47-25-32-31-19-27(3)20-36(63-18-10-11-54-14-16-55(17-15-54)37(60)26-64-46)38(31)56(41(32)50-40)12-8-9-13-57-42-33(23-30(24-48-42)39(45)61)49-44(57)51-43(62)35-22-29(5)53-59(35)7-2/h8-9,19-25H,6-7,10-18,26,46H2,1-5H3,(H2,45,61)(H,49,51,62)/b9-8+. The number of rotatable bonds is 17. The van der Waals surface area contributed by atoms with Gasteiger partial charge in [-0.15, -0.1) is 0 Å². The maximum atomic E-state index is 13.6. The Kier molecular flexibility index (Phi) is 12.8. The first-order chi connectivity index (χ1) is 31.0. The van der Waals surface area contributed by atoms with Gasteiger partial charge in [-0.05, 0) is 76.9 Å². The van der Waals surface area contributed by atoms with Crippen molar-refractivity contribution in [3.8, 4) is 17.3 Å². The number of benzene rings is 1. The van der Waals surface area contributed by atoms with Gasteiger partial charge in [-0.2, -0.15) is 10.2 Å². The van der Waals surface area contributed by atoms with Crippen LogP contribution in [0.1, 0.15) is 58.1 Å². The number of carbonyl (C=O) groups excluding carboxylic acids is 3. The van der Waals surface area contributed by atoms with Crippen LogP contribution in [0.2, 0.25) is 0 Å². The summed E-state index contributed by atoms with van der Waals surface area (Å²) in [7, 11) is 0. The van der Waals surface area contributed by atoms with Crippen molar-refractivity contribution in [2.75, 3.05) is 51.3 Å². The molecule has 0 spiro atoms. The minimum atomic E-state index is -0.634. The number of nitrogens with two attached hydrogens (primary N) is 2. The van der Waals surface area contributed by atoms with Crippen LogP contribution in [0.5, 0.6) is 5.75 Å². The molecule has 20 heteroatoms. The maximum absolute atomic E-state index is 13.6. The highest BCUT2D eigenvalue weighted by molar-refractivity contribution is 6.09. The van der Waals surface area contributed by atoms with Crippen LogP contribution in [0.4, 0.5) is 5.95 Å². The minimum Gasteiger partial charge on any atom is -0.491 e. The monoisotopic (exact) mass is 871 g/mol. The van der Waals surface area contributed by atoms with Crippen molar-refractivity contribution >= 4 is 56.8 Å². The second-order valence-electron chi connectivity index (χ2n) is 15.8. The second kappa shape index (κ2) is 18.8. The van der Waals surface area contributed by atoms with Crippen LogP contribution in [-0.2, 0) is 35.8 Å². The molecule has 0 radical (unpaired) electrons. The van der Waals surface area contributed by atoms with Crippen molar-refractivity contribution < 1.29 is 24.0 Å². The Morgan fingerprint density at radius 2 is 1.56 bits per heavy atom. The van der Waals surface area contributed by atoms with Gasteiger partial charge in [0.2, 0.25) is 11.9 Å². The van der Waals surface area contributed by atoms with Crippen LogP contribution < -0.4 is 21.7 Å². The highest BCUT2D eigenvalue weighted by Gasteiger charge is 2.23. The number of carbonyl (C=O) groups is 3. The molecule has 64 heavy (non-hydrogen) atoms. The second-order valence-corrected chi connectivity index (χ2v) is 15.8. The van der Waals surface area contributed by atoms with Gasteiger partial charge < -0.3 is 19.9 Å². The number of primary amides is 1. The summed E-state index contributed by atoms with van der Waals surface area (Å²) in [6.45, 7) is 15.6. The molecular formula is C44H53N15O5. The van der Waals surface area contributed by atoms with Gasteiger partial charge in [-0.3, -0.25) is 43.4 Å². The summed E-state index contributed by atoms with van der Waals surface area (Å²) < 4.78 is 14.1. The van der Waals surface area contributed by atoms with E-state index in [1.165, 1.54) is 6.20 Å². The zero-order valence-electron chi connectivity index (χ0n) is 36.7. The molecule has 1 fully saturated rings. The van der Waals surface area contributed by atoms with E-state index in [0.29, 0.717) is 67.7 Å². The van der Waals surface area contributed by atoms with E-state index in [1.54, 1.807) is 26.3 Å². The summed E-state index contributed by atoms with van der Waals surface area (Å²) in [5, 5.41) is 13.9. The summed E-state index contributed by atoms with van der Waals surface area (Å²) in [6, 6.07) is 9.47. The number of anilines is 1. The fraction of sp³-hybridized carbons (Fsp3) is 0.386. The maximum Gasteiger partial charge on any atom is 0.276 e. The van der Waals surface area contributed by atoms with Crippen molar-refractivity contribution in [2.24, 2.45) is 11.6 Å². The number of amides is 3. The molecule has 5 N–H and O–H groups in total. The molecule has 6 aromatic heterocycles. The highest BCUT2D eigenvalue weighted by atomic mass is 16.6. The molecule has 1 aliphatic heterocycles. The third kappa shape index (κ3) is 8.92. The van der Waals surface area contributed by atoms with Gasteiger partial charge in [0.25, 0.3) is 11.8 Å². The van der Waals surface area contributed by atoms with Crippen molar-refractivity contribution in [1.82, 2.24) is 58.4 Å². The summed E-state index contributed by atoms with van der Waals surface area (Å²) in [6.07, 6.45) is 8.06. The SMILES string of the molecule is CCn1nc(C)cc1C(=O)Nc1nc2cc(C(N)=O)cnc2n1C/C=C/Cn1c2nc(-c3cc(C)nn3CC)ncc2c2cc(C)cc(OCCCN3CCN(C(=O)CON)CC3)c21. The zero-order chi connectivity index (χ0) is 45.1. The van der Waals surface area contributed by atoms with Crippen LogP contribution in [-0.4, -0.2) is 122 Å². The topological polar surface area (TPSA) is 237 Å². The first-order valence-electron chi connectivity index (χ1n) is 21.4. The Morgan fingerprint density at radius 1 is 0.828 bits per heavy atom. The van der Waals surface area contributed by atoms with Crippen LogP contribution >= 0.6 is 0 Å². The molecule has 1 aromatic carbocycles. The van der Waals surface area contributed by atoms with E-state index in [9.17, 15) is 14.4 Å². The molecule has 0 saturated carbocycles. The highest BCUT2D eigenvalue weighted by Crippen LogP contribution is 2.36. The van der Waals surface area contributed by atoms with Crippen LogP contribution in [0.15, 0.2) is 54.9 Å². The number of piperazine rings is 1. The lowest BCUT2D eigenvalue weighted by molar-refractivity contribution is -0.138. The van der Waals surface area contributed by atoms with Crippen molar-refractivity contribution in [3.05, 3.63) is 83.1 Å². The molecule has 1 saturated heterocycles. The number of imidazole rings is 1. The van der Waals surface area contributed by atoms with Gasteiger partial charge in [-0.1, -0.05) is 12.2 Å². The number of nitrogens with zero attached hydrogens (tertiary/aromatic N) is 12. The molecule has 8 rings (SSSR count). The van der Waals surface area contributed by atoms with E-state index in [0.717, 1.165) is 70.7 Å². The fourth-order valence-electron chi connectivity index (χ4n) is 8.24. The molecule has 7 heterocycles. The number of aromatic nitrogens is 10. The van der Waals surface area contributed by atoms with Crippen LogP contribution in [0.25, 0.3) is 44.6 Å². The first kappa shape index (κ1) is 43.6. The number of nitrogens with one attached hydrogen (secondary N) is 1. The molecule has 0 atom stereocenters. The number of fused-ring (bicyclic) bond motifs is 4. The van der Waals surface area contributed by atoms with Gasteiger partial charge in [-0.25, -0.2) is 25.8 Å². The number of hydrogen-bond acceptors (Lipinski definition) is 13. The van der Waals surface area contributed by atoms with E-state index in [-0.39, 0.29) is 36.5 Å². The lowest BCUT2D eigenvalue weighted by Crippen LogP contribution is -2.50. The van der Waals surface area contributed by atoms with Gasteiger partial charge >= 0.3 is 0 Å². The predicted molar refractivity (Wildman–Crippen MR) is 240 cm³/mol. The molecule has 334 valence electrons. The predicted octanol–water partition coefficient (Wildman–Crippen LogP) is 3.77.